The Hall–Kier alpha value is -1.30. The van der Waals surface area contributed by atoms with Gasteiger partial charge in [-0.2, -0.15) is 0 Å². The molecule has 0 fully saturated rings. The van der Waals surface area contributed by atoms with E-state index < -0.39 is 0 Å². The SMILES string of the molecule is C=Cc1cc(CCCCCCC)cc(C=C)c1CCCCCCC. The van der Waals surface area contributed by atoms with Gasteiger partial charge in [-0.25, -0.2) is 0 Å². The molecule has 0 nitrogen and oxygen atoms in total. The van der Waals surface area contributed by atoms with Crippen molar-refractivity contribution in [1.82, 2.24) is 0 Å². The number of rotatable bonds is 14. The van der Waals surface area contributed by atoms with Gasteiger partial charge in [-0.1, -0.05) is 103 Å². The van der Waals surface area contributed by atoms with Gasteiger partial charge in [0.05, 0.1) is 0 Å². The van der Waals surface area contributed by atoms with E-state index in [1.807, 2.05) is 12.2 Å². The van der Waals surface area contributed by atoms with Crippen molar-refractivity contribution in [1.29, 1.82) is 0 Å². The second kappa shape index (κ2) is 13.0. The topological polar surface area (TPSA) is 0 Å². The molecular weight excluding hydrogens is 288 g/mol. The first kappa shape index (κ1) is 20.7. The van der Waals surface area contributed by atoms with Crippen LogP contribution in [0.5, 0.6) is 0 Å². The summed E-state index contributed by atoms with van der Waals surface area (Å²) in [5, 5.41) is 0. The molecule has 0 heterocycles. The van der Waals surface area contributed by atoms with Crippen LogP contribution in [0.25, 0.3) is 12.2 Å². The highest BCUT2D eigenvalue weighted by Crippen LogP contribution is 2.24. The van der Waals surface area contributed by atoms with E-state index in [2.05, 4.69) is 39.1 Å². The van der Waals surface area contributed by atoms with Crippen LogP contribution in [0.15, 0.2) is 25.3 Å². The predicted molar refractivity (Wildman–Crippen MR) is 112 cm³/mol. The normalized spacial score (nSPS) is 10.8. The molecule has 0 saturated heterocycles. The van der Waals surface area contributed by atoms with Gasteiger partial charge in [-0.3, -0.25) is 0 Å². The summed E-state index contributed by atoms with van der Waals surface area (Å²) >= 11 is 0. The lowest BCUT2D eigenvalue weighted by atomic mass is 9.91. The van der Waals surface area contributed by atoms with Crippen LogP contribution in [-0.4, -0.2) is 0 Å². The molecule has 0 aliphatic carbocycles. The van der Waals surface area contributed by atoms with Crippen LogP contribution in [-0.2, 0) is 12.8 Å². The first-order valence-electron chi connectivity index (χ1n) is 10.2. The predicted octanol–water partition coefficient (Wildman–Crippen LogP) is 8.00. The van der Waals surface area contributed by atoms with Crippen molar-refractivity contribution in [2.45, 2.75) is 90.9 Å². The maximum absolute atomic E-state index is 4.05. The highest BCUT2D eigenvalue weighted by molar-refractivity contribution is 5.63. The van der Waals surface area contributed by atoms with Gasteiger partial charge in [0.1, 0.15) is 0 Å². The number of benzene rings is 1. The summed E-state index contributed by atoms with van der Waals surface area (Å²) in [5.41, 5.74) is 5.55. The minimum atomic E-state index is 1.16. The molecule has 0 aliphatic rings. The number of aryl methyl sites for hydroxylation is 1. The Kier molecular flexibility index (Phi) is 11.3. The molecule has 1 aromatic carbocycles. The quantitative estimate of drug-likeness (QED) is 0.304. The van der Waals surface area contributed by atoms with Crippen LogP contribution in [0.2, 0.25) is 0 Å². The molecule has 0 heteroatoms. The zero-order valence-corrected chi connectivity index (χ0v) is 16.2. The number of hydrogen-bond donors (Lipinski definition) is 0. The fourth-order valence-corrected chi connectivity index (χ4v) is 3.42. The van der Waals surface area contributed by atoms with Crippen molar-refractivity contribution in [3.63, 3.8) is 0 Å². The van der Waals surface area contributed by atoms with Crippen LogP contribution >= 0.6 is 0 Å². The summed E-state index contributed by atoms with van der Waals surface area (Å²) in [6, 6.07) is 4.72. The van der Waals surface area contributed by atoms with Gasteiger partial charge in [0.15, 0.2) is 0 Å². The summed E-state index contributed by atoms with van der Waals surface area (Å²) in [6.45, 7) is 12.6. The Labute approximate surface area is 151 Å². The van der Waals surface area contributed by atoms with E-state index >= 15 is 0 Å². The molecule has 0 aliphatic heterocycles. The molecule has 0 N–H and O–H groups in total. The summed E-state index contributed by atoms with van der Waals surface area (Å²) in [7, 11) is 0. The van der Waals surface area contributed by atoms with E-state index in [1.54, 1.807) is 0 Å². The van der Waals surface area contributed by atoms with Gasteiger partial charge < -0.3 is 0 Å². The van der Waals surface area contributed by atoms with Gasteiger partial charge in [-0.05, 0) is 47.9 Å². The van der Waals surface area contributed by atoms with Crippen molar-refractivity contribution >= 4 is 12.2 Å². The average Bonchev–Trinajstić information content (AvgIpc) is 2.61. The van der Waals surface area contributed by atoms with Gasteiger partial charge >= 0.3 is 0 Å². The van der Waals surface area contributed by atoms with Gasteiger partial charge in [0.2, 0.25) is 0 Å². The van der Waals surface area contributed by atoms with Crippen LogP contribution in [0.3, 0.4) is 0 Å². The summed E-state index contributed by atoms with van der Waals surface area (Å²) in [4.78, 5) is 0. The lowest BCUT2D eigenvalue weighted by Gasteiger charge is -2.14. The first-order chi connectivity index (χ1) is 11.8. The third-order valence-corrected chi connectivity index (χ3v) is 4.92. The van der Waals surface area contributed by atoms with Crippen molar-refractivity contribution in [3.05, 3.63) is 47.5 Å². The van der Waals surface area contributed by atoms with E-state index in [1.165, 1.54) is 92.9 Å². The van der Waals surface area contributed by atoms with Crippen molar-refractivity contribution in [3.8, 4) is 0 Å². The molecular formula is C24H38. The van der Waals surface area contributed by atoms with E-state index in [-0.39, 0.29) is 0 Å². The number of hydrogen-bond acceptors (Lipinski definition) is 0. The van der Waals surface area contributed by atoms with E-state index in [9.17, 15) is 0 Å². The largest absolute Gasteiger partial charge is 0.0985 e. The molecule has 0 spiro atoms. The second-order valence-electron chi connectivity index (χ2n) is 6.99. The van der Waals surface area contributed by atoms with E-state index in [0.29, 0.717) is 0 Å². The van der Waals surface area contributed by atoms with Crippen LogP contribution in [0.4, 0.5) is 0 Å². The minimum Gasteiger partial charge on any atom is -0.0985 e. The average molecular weight is 327 g/mol. The van der Waals surface area contributed by atoms with E-state index in [4.69, 9.17) is 0 Å². The van der Waals surface area contributed by atoms with Crippen LogP contribution in [0.1, 0.15) is 100 Å². The number of unbranched alkanes of at least 4 members (excludes halogenated alkanes) is 8. The van der Waals surface area contributed by atoms with E-state index in [0.717, 1.165) is 6.42 Å². The molecule has 1 rings (SSSR count). The summed E-state index contributed by atoms with van der Waals surface area (Å²) < 4.78 is 0. The Morgan fingerprint density at radius 1 is 0.667 bits per heavy atom. The maximum atomic E-state index is 4.05. The van der Waals surface area contributed by atoms with Gasteiger partial charge in [0, 0.05) is 0 Å². The van der Waals surface area contributed by atoms with Crippen LogP contribution in [0, 0.1) is 0 Å². The molecule has 0 atom stereocenters. The summed E-state index contributed by atoms with van der Waals surface area (Å²) in [6.07, 6.45) is 19.7. The lowest BCUT2D eigenvalue weighted by Crippen LogP contribution is -1.98. The Morgan fingerprint density at radius 2 is 1.12 bits per heavy atom. The highest BCUT2D eigenvalue weighted by atomic mass is 14.1. The molecule has 0 radical (unpaired) electrons. The highest BCUT2D eigenvalue weighted by Gasteiger charge is 2.07. The Morgan fingerprint density at radius 3 is 1.58 bits per heavy atom. The molecule has 24 heavy (non-hydrogen) atoms. The first-order valence-corrected chi connectivity index (χ1v) is 10.2. The zero-order chi connectivity index (χ0) is 17.6. The monoisotopic (exact) mass is 326 g/mol. The van der Waals surface area contributed by atoms with Crippen molar-refractivity contribution in [2.75, 3.05) is 0 Å². The fourth-order valence-electron chi connectivity index (χ4n) is 3.42. The lowest BCUT2D eigenvalue weighted by molar-refractivity contribution is 0.629. The molecule has 0 amide bonds. The molecule has 0 aromatic heterocycles. The third kappa shape index (κ3) is 7.51. The molecule has 1 aromatic rings. The standard InChI is InChI=1S/C24H38/c1-5-9-11-13-15-17-21-19-22(7-3)24(23(8-4)20-21)18-16-14-12-10-6-2/h7-8,19-20H,3-6,9-18H2,1-2H3. The van der Waals surface area contributed by atoms with Gasteiger partial charge in [0.25, 0.3) is 0 Å². The Balaban J connectivity index is 2.67. The molecule has 134 valence electrons. The molecule has 0 bridgehead atoms. The summed E-state index contributed by atoms with van der Waals surface area (Å²) in [5.74, 6) is 0. The van der Waals surface area contributed by atoms with Gasteiger partial charge in [-0.15, -0.1) is 0 Å². The zero-order valence-electron chi connectivity index (χ0n) is 16.2. The Bertz CT molecular complexity index is 452. The van der Waals surface area contributed by atoms with Crippen LogP contribution < -0.4 is 0 Å². The third-order valence-electron chi connectivity index (χ3n) is 4.92. The van der Waals surface area contributed by atoms with Crippen molar-refractivity contribution in [2.24, 2.45) is 0 Å². The molecule has 0 saturated carbocycles. The molecule has 0 unspecified atom stereocenters. The minimum absolute atomic E-state index is 1.16. The second-order valence-corrected chi connectivity index (χ2v) is 6.99. The smallest absolute Gasteiger partial charge is 0.0222 e. The van der Waals surface area contributed by atoms with Crippen molar-refractivity contribution < 1.29 is 0 Å². The maximum Gasteiger partial charge on any atom is -0.0222 e. The fraction of sp³-hybridized carbons (Fsp3) is 0.583.